The van der Waals surface area contributed by atoms with Crippen molar-refractivity contribution in [1.82, 2.24) is 29.7 Å². The summed E-state index contributed by atoms with van der Waals surface area (Å²) < 4.78 is 0. The summed E-state index contributed by atoms with van der Waals surface area (Å²) in [5.41, 5.74) is 2.25. The summed E-state index contributed by atoms with van der Waals surface area (Å²) in [7, 11) is 0. The number of nitrogens with zero attached hydrogens (tertiary/aromatic N) is 4. The van der Waals surface area contributed by atoms with Gasteiger partial charge in [0.1, 0.15) is 16.5 Å². The minimum Gasteiger partial charge on any atom is -0.328 e. The van der Waals surface area contributed by atoms with Crippen LogP contribution in [0.2, 0.25) is 10.4 Å². The Morgan fingerprint density at radius 2 is 1.23 bits per heavy atom. The molecule has 0 spiro atoms. The van der Waals surface area contributed by atoms with Gasteiger partial charge in [-0.25, -0.2) is 14.8 Å². The average molecular weight is 583 g/mol. The maximum Gasteiger partial charge on any atom is 0.326 e. The molecule has 40 heavy (non-hydrogen) atoms. The van der Waals surface area contributed by atoms with Crippen molar-refractivity contribution >= 4 is 35.0 Å². The highest BCUT2D eigenvalue weighted by Gasteiger charge is 2.32. The van der Waals surface area contributed by atoms with Crippen LogP contribution in [0, 0.1) is 0 Å². The third-order valence-corrected chi connectivity index (χ3v) is 6.57. The first kappa shape index (κ1) is 30.3. The maximum atomic E-state index is 12.2. The van der Waals surface area contributed by atoms with Gasteiger partial charge < -0.3 is 14.8 Å². The maximum absolute atomic E-state index is 12.2. The summed E-state index contributed by atoms with van der Waals surface area (Å²) in [5.74, 6) is -0.480. The topological polar surface area (TPSA) is 132 Å². The summed E-state index contributed by atoms with van der Waals surface area (Å²) in [6, 6.07) is 19.2. The van der Waals surface area contributed by atoms with E-state index in [1.165, 1.54) is 4.90 Å². The van der Waals surface area contributed by atoms with Gasteiger partial charge in [0.2, 0.25) is 5.28 Å². The number of amides is 2. The molecule has 0 aliphatic carbocycles. The lowest BCUT2D eigenvalue weighted by Crippen LogP contribution is -2.26. The second-order valence-electron chi connectivity index (χ2n) is 8.67. The molecule has 0 saturated carbocycles. The monoisotopic (exact) mass is 582 g/mol. The van der Waals surface area contributed by atoms with E-state index < -0.39 is 11.2 Å². The molecule has 0 fully saturated rings. The van der Waals surface area contributed by atoms with E-state index in [4.69, 9.17) is 23.2 Å². The number of aromatic nitrogens is 4. The summed E-state index contributed by atoms with van der Waals surface area (Å²) in [5, 5.41) is 0.248. The number of nitrogens with one attached hydrogen (secondary N) is 2. The predicted molar refractivity (Wildman–Crippen MR) is 153 cm³/mol. The van der Waals surface area contributed by atoms with Crippen LogP contribution in [-0.4, -0.2) is 41.6 Å². The quantitative estimate of drug-likeness (QED) is 0.270. The van der Waals surface area contributed by atoms with Gasteiger partial charge in [-0.3, -0.25) is 19.4 Å². The second kappa shape index (κ2) is 12.7. The molecule has 0 saturated heterocycles. The molecule has 2 aromatic carbocycles. The summed E-state index contributed by atoms with van der Waals surface area (Å²) in [6.45, 7) is 1.56. The van der Waals surface area contributed by atoms with Gasteiger partial charge in [-0.1, -0.05) is 87.1 Å². The minimum atomic E-state index is -0.654. The summed E-state index contributed by atoms with van der Waals surface area (Å²) >= 11 is 11.7. The lowest BCUT2D eigenvalue weighted by atomic mass is 10.2. The normalized spacial score (nSPS) is 13.1. The van der Waals surface area contributed by atoms with Crippen LogP contribution in [0.3, 0.4) is 0 Å². The third-order valence-electron chi connectivity index (χ3n) is 6.09. The number of rotatable bonds is 4. The van der Waals surface area contributed by atoms with E-state index >= 15 is 0 Å². The molecule has 2 aromatic heterocycles. The van der Waals surface area contributed by atoms with Crippen molar-refractivity contribution in [3.63, 3.8) is 0 Å². The second-order valence-corrected chi connectivity index (χ2v) is 9.36. The highest BCUT2D eigenvalue weighted by Crippen LogP contribution is 2.28. The Hall–Kier alpha value is -4.28. The van der Waals surface area contributed by atoms with Gasteiger partial charge in [-0.2, -0.15) is 0 Å². The van der Waals surface area contributed by atoms with Crippen LogP contribution in [0.4, 0.5) is 0 Å². The molecule has 2 aliphatic rings. The van der Waals surface area contributed by atoms with Crippen LogP contribution in [0.5, 0.6) is 0 Å². The van der Waals surface area contributed by atoms with Gasteiger partial charge in [0, 0.05) is 18.7 Å². The van der Waals surface area contributed by atoms with Crippen LogP contribution in [0.25, 0.3) is 0 Å². The Bertz CT molecular complexity index is 1640. The summed E-state index contributed by atoms with van der Waals surface area (Å²) in [6.07, 6.45) is 0. The van der Waals surface area contributed by atoms with E-state index in [0.717, 1.165) is 11.1 Å². The van der Waals surface area contributed by atoms with Crippen LogP contribution in [0.15, 0.2) is 70.3 Å². The molecular formula is C28H28Cl2N6O4. The van der Waals surface area contributed by atoms with Crippen molar-refractivity contribution in [3.8, 4) is 0 Å². The molecule has 6 rings (SSSR count). The molecule has 2 amide bonds. The molecule has 2 aliphatic heterocycles. The molecule has 10 nitrogen and oxygen atoms in total. The number of carbonyl (C=O) groups excluding carboxylic acids is 2. The lowest BCUT2D eigenvalue weighted by molar-refractivity contribution is 0.0755. The van der Waals surface area contributed by atoms with E-state index in [2.05, 4.69) is 19.9 Å². The first-order valence-electron chi connectivity index (χ1n) is 11.5. The van der Waals surface area contributed by atoms with E-state index in [1.54, 1.807) is 4.90 Å². The molecular weight excluding hydrogens is 555 g/mol. The fourth-order valence-corrected chi connectivity index (χ4v) is 4.73. The lowest BCUT2D eigenvalue weighted by Gasteiger charge is -2.14. The predicted octanol–water partition coefficient (Wildman–Crippen LogP) is 4.43. The third kappa shape index (κ3) is 6.30. The number of benzene rings is 2. The van der Waals surface area contributed by atoms with Crippen LogP contribution < -0.4 is 11.2 Å². The number of halogens is 2. The smallest absolute Gasteiger partial charge is 0.326 e. The van der Waals surface area contributed by atoms with E-state index in [1.807, 2.05) is 60.7 Å². The first-order chi connectivity index (χ1) is 18.3. The molecule has 4 aromatic rings. The number of H-pyrrole nitrogens is 2. The van der Waals surface area contributed by atoms with Gasteiger partial charge in [0.15, 0.2) is 0 Å². The van der Waals surface area contributed by atoms with Crippen LogP contribution in [0.1, 0.15) is 58.1 Å². The van der Waals surface area contributed by atoms with E-state index in [-0.39, 0.29) is 49.3 Å². The molecule has 0 bridgehead atoms. The van der Waals surface area contributed by atoms with E-state index in [9.17, 15) is 19.2 Å². The van der Waals surface area contributed by atoms with Crippen molar-refractivity contribution in [2.45, 2.75) is 41.0 Å². The Kier molecular flexibility index (Phi) is 9.62. The fraction of sp³-hybridized carbons (Fsp3) is 0.214. The first-order valence-corrected chi connectivity index (χ1v) is 12.3. The molecule has 12 heteroatoms. The Labute approximate surface area is 240 Å². The zero-order valence-corrected chi connectivity index (χ0v) is 21.3. The van der Waals surface area contributed by atoms with Crippen molar-refractivity contribution in [2.75, 3.05) is 0 Å². The number of fused-ring (bicyclic) bond motifs is 2. The standard InChI is InChI=1S/C13H9Cl2N3O.C13H11N3O3.2CH4/c14-11-9-7-18(6-8-4-2-1-3-5-8)12(19)10(9)16-13(15)17-11;17-11-9-7-16(6-8-4-2-1-3-5-8)12(18)10(9)14-13(19)15-11;;/h1-5H,6-7H2;1-5H,6-7H2,(H2,14,15,17,19);2*1H4. The van der Waals surface area contributed by atoms with Gasteiger partial charge in [-0.05, 0) is 22.7 Å². The number of hydrogen-bond donors (Lipinski definition) is 2. The van der Waals surface area contributed by atoms with Crippen molar-refractivity contribution in [3.05, 3.63) is 126 Å². The number of aromatic amines is 2. The molecule has 0 radical (unpaired) electrons. The fourth-order valence-electron chi connectivity index (χ4n) is 4.29. The van der Waals surface area contributed by atoms with Gasteiger partial charge in [-0.15, -0.1) is 0 Å². The summed E-state index contributed by atoms with van der Waals surface area (Å²) in [4.78, 5) is 62.7. The average Bonchev–Trinajstić information content (AvgIpc) is 3.38. The van der Waals surface area contributed by atoms with Crippen molar-refractivity contribution in [1.29, 1.82) is 0 Å². The molecule has 4 heterocycles. The Morgan fingerprint density at radius 3 is 1.80 bits per heavy atom. The Morgan fingerprint density at radius 1 is 0.700 bits per heavy atom. The molecule has 2 N–H and O–H groups in total. The molecule has 0 atom stereocenters. The van der Waals surface area contributed by atoms with Gasteiger partial charge >= 0.3 is 5.69 Å². The highest BCUT2D eigenvalue weighted by molar-refractivity contribution is 6.33. The zero-order valence-electron chi connectivity index (χ0n) is 19.8. The van der Waals surface area contributed by atoms with Gasteiger partial charge in [0.05, 0.1) is 18.7 Å². The van der Waals surface area contributed by atoms with Crippen molar-refractivity contribution < 1.29 is 9.59 Å². The van der Waals surface area contributed by atoms with Crippen LogP contribution >= 0.6 is 23.2 Å². The zero-order chi connectivity index (χ0) is 26.8. The SMILES string of the molecule is C.C.O=C1c2[nH]c(=O)[nH]c(=O)c2CN1Cc1ccccc1.O=C1c2nc(Cl)nc(Cl)c2CN1Cc1ccccc1. The van der Waals surface area contributed by atoms with Crippen LogP contribution in [-0.2, 0) is 26.2 Å². The van der Waals surface area contributed by atoms with Crippen molar-refractivity contribution in [2.24, 2.45) is 0 Å². The largest absolute Gasteiger partial charge is 0.328 e. The minimum absolute atomic E-state index is 0. The molecule has 208 valence electrons. The van der Waals surface area contributed by atoms with Gasteiger partial charge in [0.25, 0.3) is 17.4 Å². The molecule has 0 unspecified atom stereocenters. The highest BCUT2D eigenvalue weighted by atomic mass is 35.5. The number of hydrogen-bond acceptors (Lipinski definition) is 6. The Balaban J connectivity index is 0.000000210. The number of carbonyl (C=O) groups is 2. The van der Waals surface area contributed by atoms with E-state index in [0.29, 0.717) is 36.5 Å².